The number of carboxylic acids is 1. The third-order valence-electron chi connectivity index (χ3n) is 4.49. The van der Waals surface area contributed by atoms with Crippen LogP contribution in [0, 0.1) is 5.92 Å². The zero-order chi connectivity index (χ0) is 22.1. The van der Waals surface area contributed by atoms with Crippen molar-refractivity contribution in [1.82, 2.24) is 21.3 Å². The number of hydrogen-bond donors (Lipinski definition) is 6. The largest absolute Gasteiger partial charge is 0.480 e. The Labute approximate surface area is 169 Å². The van der Waals surface area contributed by atoms with E-state index in [0.29, 0.717) is 6.42 Å². The molecule has 1 aliphatic heterocycles. The van der Waals surface area contributed by atoms with E-state index in [1.54, 1.807) is 13.8 Å². The zero-order valence-corrected chi connectivity index (χ0v) is 17.0. The standard InChI is InChI=1S/C18H31N5O6/c1-9(2)7-13(18(28)29)23-17(27)12(8-14(19)24)22-15(25)10(3)21-16(26)11-5-4-6-20-11/h9-13,20H,4-8H2,1-3H3,(H2,19,24)(H,21,26)(H,22,25)(H,23,27)(H,28,29). The van der Waals surface area contributed by atoms with Gasteiger partial charge in [0.1, 0.15) is 18.1 Å². The molecule has 0 aliphatic carbocycles. The summed E-state index contributed by atoms with van der Waals surface area (Å²) in [4.78, 5) is 59.6. The normalized spacial score (nSPS) is 19.1. The van der Waals surface area contributed by atoms with Crippen LogP contribution in [0.5, 0.6) is 0 Å². The van der Waals surface area contributed by atoms with Crippen LogP contribution in [0.15, 0.2) is 0 Å². The maximum absolute atomic E-state index is 12.5. The van der Waals surface area contributed by atoms with Crippen molar-refractivity contribution in [2.75, 3.05) is 6.54 Å². The molecule has 1 fully saturated rings. The number of nitrogens with one attached hydrogen (secondary N) is 4. The Morgan fingerprint density at radius 3 is 2.14 bits per heavy atom. The maximum atomic E-state index is 12.5. The Morgan fingerprint density at radius 2 is 1.66 bits per heavy atom. The predicted molar refractivity (Wildman–Crippen MR) is 103 cm³/mol. The number of carboxylic acid groups (broad SMARTS) is 1. The first-order valence-corrected chi connectivity index (χ1v) is 9.66. The highest BCUT2D eigenvalue weighted by Crippen LogP contribution is 2.07. The van der Waals surface area contributed by atoms with E-state index in [2.05, 4.69) is 21.3 Å². The van der Waals surface area contributed by atoms with Crippen molar-refractivity contribution in [3.8, 4) is 0 Å². The Hall–Kier alpha value is -2.69. The highest BCUT2D eigenvalue weighted by molar-refractivity contribution is 5.96. The SMILES string of the molecule is CC(C)CC(NC(=O)C(CC(N)=O)NC(=O)C(C)NC(=O)C1CCCN1)C(=O)O. The van der Waals surface area contributed by atoms with E-state index in [-0.39, 0.29) is 24.3 Å². The lowest BCUT2D eigenvalue weighted by Crippen LogP contribution is -2.57. The number of aliphatic carboxylic acids is 1. The van der Waals surface area contributed by atoms with Crippen molar-refractivity contribution in [2.24, 2.45) is 11.7 Å². The fraction of sp³-hybridized carbons (Fsp3) is 0.722. The molecule has 0 radical (unpaired) electrons. The summed E-state index contributed by atoms with van der Waals surface area (Å²) >= 11 is 0. The van der Waals surface area contributed by atoms with Crippen LogP contribution < -0.4 is 27.0 Å². The van der Waals surface area contributed by atoms with Crippen LogP contribution in [0.2, 0.25) is 0 Å². The molecule has 29 heavy (non-hydrogen) atoms. The van der Waals surface area contributed by atoms with Crippen molar-refractivity contribution in [2.45, 2.75) is 70.6 Å². The molecule has 0 bridgehead atoms. The average Bonchev–Trinajstić information content (AvgIpc) is 3.14. The summed E-state index contributed by atoms with van der Waals surface area (Å²) in [6.07, 6.45) is 1.20. The van der Waals surface area contributed by atoms with E-state index in [0.717, 1.165) is 13.0 Å². The van der Waals surface area contributed by atoms with Gasteiger partial charge < -0.3 is 32.1 Å². The Balaban J connectivity index is 2.73. The van der Waals surface area contributed by atoms with Gasteiger partial charge in [-0.3, -0.25) is 19.2 Å². The van der Waals surface area contributed by atoms with Gasteiger partial charge >= 0.3 is 5.97 Å². The van der Waals surface area contributed by atoms with E-state index < -0.39 is 48.2 Å². The molecule has 7 N–H and O–H groups in total. The summed E-state index contributed by atoms with van der Waals surface area (Å²) in [5, 5.41) is 19.5. The van der Waals surface area contributed by atoms with Crippen LogP contribution in [0.1, 0.15) is 46.5 Å². The number of carbonyl (C=O) groups excluding carboxylic acids is 4. The topological polar surface area (TPSA) is 180 Å². The van der Waals surface area contributed by atoms with Gasteiger partial charge in [-0.25, -0.2) is 4.79 Å². The van der Waals surface area contributed by atoms with Gasteiger partial charge in [0, 0.05) is 0 Å². The molecule has 11 heteroatoms. The van der Waals surface area contributed by atoms with E-state index in [1.165, 1.54) is 6.92 Å². The monoisotopic (exact) mass is 413 g/mol. The minimum atomic E-state index is -1.35. The van der Waals surface area contributed by atoms with Gasteiger partial charge in [0.15, 0.2) is 0 Å². The van der Waals surface area contributed by atoms with Gasteiger partial charge in [0.05, 0.1) is 12.5 Å². The molecule has 1 saturated heterocycles. The number of nitrogens with two attached hydrogens (primary N) is 1. The highest BCUT2D eigenvalue weighted by atomic mass is 16.4. The molecule has 0 aromatic rings. The summed E-state index contributed by atoms with van der Waals surface area (Å²) in [5.41, 5.74) is 5.15. The second-order valence-electron chi connectivity index (χ2n) is 7.64. The molecule has 4 unspecified atom stereocenters. The lowest BCUT2D eigenvalue weighted by atomic mass is 10.0. The number of carbonyl (C=O) groups is 5. The minimum absolute atomic E-state index is 0.0000120. The molecule has 0 aromatic heterocycles. The molecule has 0 spiro atoms. The summed E-state index contributed by atoms with van der Waals surface area (Å²) in [5.74, 6) is -3.91. The fourth-order valence-corrected chi connectivity index (χ4v) is 2.96. The Bertz CT molecular complexity index is 632. The van der Waals surface area contributed by atoms with Gasteiger partial charge in [-0.05, 0) is 38.6 Å². The predicted octanol–water partition coefficient (Wildman–Crippen LogP) is -1.78. The number of primary amides is 1. The minimum Gasteiger partial charge on any atom is -0.480 e. The Morgan fingerprint density at radius 1 is 1.03 bits per heavy atom. The van der Waals surface area contributed by atoms with Gasteiger partial charge in [-0.2, -0.15) is 0 Å². The lowest BCUT2D eigenvalue weighted by Gasteiger charge is -2.23. The lowest BCUT2D eigenvalue weighted by molar-refractivity contribution is -0.143. The second-order valence-corrected chi connectivity index (χ2v) is 7.64. The molecular weight excluding hydrogens is 382 g/mol. The Kier molecular flexibility index (Phi) is 9.53. The van der Waals surface area contributed by atoms with Crippen LogP contribution >= 0.6 is 0 Å². The van der Waals surface area contributed by atoms with Crippen molar-refractivity contribution in [1.29, 1.82) is 0 Å². The first kappa shape index (κ1) is 24.3. The van der Waals surface area contributed by atoms with E-state index in [9.17, 15) is 29.1 Å². The van der Waals surface area contributed by atoms with E-state index in [1.807, 2.05) is 0 Å². The van der Waals surface area contributed by atoms with Crippen LogP contribution in [0.25, 0.3) is 0 Å². The first-order chi connectivity index (χ1) is 13.5. The quantitative estimate of drug-likeness (QED) is 0.231. The molecule has 1 rings (SSSR count). The molecule has 164 valence electrons. The molecule has 4 atom stereocenters. The smallest absolute Gasteiger partial charge is 0.326 e. The van der Waals surface area contributed by atoms with Gasteiger partial charge in [-0.15, -0.1) is 0 Å². The molecule has 1 aliphatic rings. The van der Waals surface area contributed by atoms with Crippen LogP contribution in [-0.2, 0) is 24.0 Å². The average molecular weight is 413 g/mol. The summed E-state index contributed by atoms with van der Waals surface area (Å²) in [6.45, 7) is 5.77. The number of amides is 4. The van der Waals surface area contributed by atoms with Crippen molar-refractivity contribution in [3.05, 3.63) is 0 Å². The van der Waals surface area contributed by atoms with Crippen LogP contribution in [-0.4, -0.2) is 65.4 Å². The van der Waals surface area contributed by atoms with Crippen molar-refractivity contribution in [3.63, 3.8) is 0 Å². The van der Waals surface area contributed by atoms with Crippen molar-refractivity contribution >= 4 is 29.6 Å². The first-order valence-electron chi connectivity index (χ1n) is 9.66. The third-order valence-corrected chi connectivity index (χ3v) is 4.49. The summed E-state index contributed by atoms with van der Waals surface area (Å²) < 4.78 is 0. The molecular formula is C18H31N5O6. The number of rotatable bonds is 11. The van der Waals surface area contributed by atoms with E-state index in [4.69, 9.17) is 5.73 Å². The van der Waals surface area contributed by atoms with Gasteiger partial charge in [0.25, 0.3) is 0 Å². The third kappa shape index (κ3) is 8.46. The second kappa shape index (κ2) is 11.3. The molecule has 0 saturated carbocycles. The maximum Gasteiger partial charge on any atom is 0.326 e. The van der Waals surface area contributed by atoms with E-state index >= 15 is 0 Å². The van der Waals surface area contributed by atoms with Gasteiger partial charge in [-0.1, -0.05) is 13.8 Å². The number of hydrogen-bond acceptors (Lipinski definition) is 6. The molecule has 11 nitrogen and oxygen atoms in total. The zero-order valence-electron chi connectivity index (χ0n) is 17.0. The highest BCUT2D eigenvalue weighted by Gasteiger charge is 2.30. The van der Waals surface area contributed by atoms with Crippen LogP contribution in [0.4, 0.5) is 0 Å². The summed E-state index contributed by atoms with van der Waals surface area (Å²) in [7, 11) is 0. The summed E-state index contributed by atoms with van der Waals surface area (Å²) in [6, 6.07) is -3.85. The fourth-order valence-electron chi connectivity index (χ4n) is 2.96. The molecule has 0 aromatic carbocycles. The van der Waals surface area contributed by atoms with Crippen LogP contribution in [0.3, 0.4) is 0 Å². The molecule has 1 heterocycles. The van der Waals surface area contributed by atoms with Crippen molar-refractivity contribution < 1.29 is 29.1 Å². The molecule has 4 amide bonds. The van der Waals surface area contributed by atoms with Gasteiger partial charge in [0.2, 0.25) is 23.6 Å².